The first-order valence-corrected chi connectivity index (χ1v) is 10.3. The summed E-state index contributed by atoms with van der Waals surface area (Å²) in [6.07, 6.45) is -0.294. The molecule has 1 aliphatic heterocycles. The Morgan fingerprint density at radius 1 is 1.15 bits per heavy atom. The Labute approximate surface area is 193 Å². The Morgan fingerprint density at radius 3 is 2.50 bits per heavy atom. The van der Waals surface area contributed by atoms with Gasteiger partial charge < -0.3 is 33.8 Å². The van der Waals surface area contributed by atoms with Gasteiger partial charge in [-0.2, -0.15) is 0 Å². The number of carbonyl (C=O) groups is 1. The zero-order chi connectivity index (χ0) is 24.4. The molecule has 0 spiro atoms. The average molecular weight is 471 g/mol. The molecule has 0 bridgehead atoms. The summed E-state index contributed by atoms with van der Waals surface area (Å²) >= 11 is 0. The number of aromatic hydroxyl groups is 1. The second-order valence-corrected chi connectivity index (χ2v) is 7.52. The van der Waals surface area contributed by atoms with E-state index in [0.29, 0.717) is 22.7 Å². The minimum absolute atomic E-state index is 0.0703. The van der Waals surface area contributed by atoms with E-state index < -0.39 is 23.3 Å². The smallest absolute Gasteiger partial charge is 0.343 e. The van der Waals surface area contributed by atoms with E-state index in [1.54, 1.807) is 6.07 Å². The fourth-order valence-electron chi connectivity index (χ4n) is 3.88. The highest BCUT2D eigenvalue weighted by molar-refractivity contribution is 5.91. The maximum atomic E-state index is 13.2. The number of carbonyl (C=O) groups excluding carboxylic acids is 1. The lowest BCUT2D eigenvalue weighted by atomic mass is 9.87. The number of hydrogen-bond donors (Lipinski definition) is 2. The van der Waals surface area contributed by atoms with Gasteiger partial charge in [-0.15, -0.1) is 0 Å². The van der Waals surface area contributed by atoms with Gasteiger partial charge in [-0.1, -0.05) is 0 Å². The summed E-state index contributed by atoms with van der Waals surface area (Å²) in [5, 5.41) is 13.3. The molecule has 0 radical (unpaired) electrons. The summed E-state index contributed by atoms with van der Waals surface area (Å²) in [5.74, 6) is -1.03. The molecule has 1 unspecified atom stereocenters. The highest BCUT2D eigenvalue weighted by Crippen LogP contribution is 2.52. The molecule has 1 amide bonds. The van der Waals surface area contributed by atoms with Crippen LogP contribution in [-0.4, -0.2) is 32.0 Å². The van der Waals surface area contributed by atoms with E-state index in [1.807, 2.05) is 0 Å². The van der Waals surface area contributed by atoms with E-state index in [4.69, 9.17) is 23.4 Å². The molecule has 3 aromatic rings. The van der Waals surface area contributed by atoms with Crippen LogP contribution in [0.15, 0.2) is 45.6 Å². The van der Waals surface area contributed by atoms with Crippen LogP contribution in [0, 0.1) is 12.7 Å². The van der Waals surface area contributed by atoms with Crippen molar-refractivity contribution in [3.05, 3.63) is 69.5 Å². The molecule has 1 aliphatic rings. The lowest BCUT2D eigenvalue weighted by Gasteiger charge is -2.22. The number of benzene rings is 2. The van der Waals surface area contributed by atoms with E-state index in [-0.39, 0.29) is 41.8 Å². The summed E-state index contributed by atoms with van der Waals surface area (Å²) in [6.45, 7) is 1.45. The Kier molecular flexibility index (Phi) is 6.31. The molecule has 4 rings (SSSR count). The SMILES string of the molecule is COc1cc(C(CC(=O)Nc2ccc(F)cc2)c2c(O)cc(C)oc2=O)c(OC)c2c1OCO2. The lowest BCUT2D eigenvalue weighted by Crippen LogP contribution is -2.21. The maximum absolute atomic E-state index is 13.2. The van der Waals surface area contributed by atoms with E-state index in [0.717, 1.165) is 0 Å². The highest BCUT2D eigenvalue weighted by atomic mass is 19.1. The number of fused-ring (bicyclic) bond motifs is 1. The summed E-state index contributed by atoms with van der Waals surface area (Å²) in [6, 6.07) is 8.08. The van der Waals surface area contributed by atoms with Crippen LogP contribution in [0.25, 0.3) is 0 Å². The van der Waals surface area contributed by atoms with Crippen molar-refractivity contribution in [2.24, 2.45) is 0 Å². The van der Waals surface area contributed by atoms with Crippen LogP contribution in [0.3, 0.4) is 0 Å². The van der Waals surface area contributed by atoms with Crippen LogP contribution >= 0.6 is 0 Å². The molecule has 1 aromatic heterocycles. The van der Waals surface area contributed by atoms with E-state index in [2.05, 4.69) is 5.32 Å². The van der Waals surface area contributed by atoms with Gasteiger partial charge in [-0.3, -0.25) is 4.79 Å². The van der Waals surface area contributed by atoms with Crippen LogP contribution < -0.4 is 29.9 Å². The molecule has 178 valence electrons. The second kappa shape index (κ2) is 9.34. The average Bonchev–Trinajstić information content (AvgIpc) is 3.28. The van der Waals surface area contributed by atoms with Gasteiger partial charge in [-0.25, -0.2) is 9.18 Å². The summed E-state index contributed by atoms with van der Waals surface area (Å²) in [5.41, 5.74) is -0.250. The van der Waals surface area contributed by atoms with Gasteiger partial charge >= 0.3 is 5.63 Å². The first-order chi connectivity index (χ1) is 16.3. The van der Waals surface area contributed by atoms with Gasteiger partial charge in [0, 0.05) is 29.7 Å². The zero-order valence-corrected chi connectivity index (χ0v) is 18.6. The van der Waals surface area contributed by atoms with Crippen molar-refractivity contribution in [1.82, 2.24) is 0 Å². The van der Waals surface area contributed by atoms with Gasteiger partial charge in [0.25, 0.3) is 0 Å². The van der Waals surface area contributed by atoms with Crippen molar-refractivity contribution in [2.45, 2.75) is 19.3 Å². The van der Waals surface area contributed by atoms with Crippen molar-refractivity contribution in [3.8, 4) is 28.7 Å². The normalized spacial score (nSPS) is 12.8. The van der Waals surface area contributed by atoms with Crippen molar-refractivity contribution < 1.29 is 37.7 Å². The molecule has 0 saturated carbocycles. The van der Waals surface area contributed by atoms with Gasteiger partial charge in [0.05, 0.1) is 19.8 Å². The Bertz CT molecular complexity index is 1290. The molecule has 34 heavy (non-hydrogen) atoms. The number of amides is 1. The number of hydrogen-bond acceptors (Lipinski definition) is 8. The Morgan fingerprint density at radius 2 is 1.85 bits per heavy atom. The van der Waals surface area contributed by atoms with Gasteiger partial charge in [0.15, 0.2) is 11.5 Å². The molecular weight excluding hydrogens is 449 g/mol. The van der Waals surface area contributed by atoms with Crippen molar-refractivity contribution in [3.63, 3.8) is 0 Å². The molecule has 2 aromatic carbocycles. The zero-order valence-electron chi connectivity index (χ0n) is 18.6. The Hall–Kier alpha value is -4.21. The van der Waals surface area contributed by atoms with Crippen LogP contribution in [0.1, 0.15) is 29.2 Å². The standard InChI is InChI=1S/C24H22FNO8/c1-12-8-17(27)20(24(29)34-12)15(10-19(28)26-14-6-4-13(25)5-7-14)16-9-18(30-2)22-23(21(16)31-3)33-11-32-22/h4-9,15,27H,10-11H2,1-3H3,(H,26,28). The monoisotopic (exact) mass is 471 g/mol. The van der Waals surface area contributed by atoms with Crippen molar-refractivity contribution in [1.29, 1.82) is 0 Å². The highest BCUT2D eigenvalue weighted by Gasteiger charge is 2.34. The number of anilines is 1. The molecular formula is C24H22FNO8. The Balaban J connectivity index is 1.83. The summed E-state index contributed by atoms with van der Waals surface area (Å²) < 4.78 is 40.4. The molecule has 2 heterocycles. The molecule has 9 nitrogen and oxygen atoms in total. The van der Waals surface area contributed by atoms with Crippen LogP contribution in [0.2, 0.25) is 0 Å². The van der Waals surface area contributed by atoms with Crippen LogP contribution in [0.5, 0.6) is 28.7 Å². The van der Waals surface area contributed by atoms with Crippen LogP contribution in [0.4, 0.5) is 10.1 Å². The first-order valence-electron chi connectivity index (χ1n) is 10.3. The third-order valence-corrected chi connectivity index (χ3v) is 5.35. The quantitative estimate of drug-likeness (QED) is 0.536. The molecule has 2 N–H and O–H groups in total. The van der Waals surface area contributed by atoms with Gasteiger partial charge in [-0.05, 0) is 37.3 Å². The number of rotatable bonds is 7. The summed E-state index contributed by atoms with van der Waals surface area (Å²) in [7, 11) is 2.84. The van der Waals surface area contributed by atoms with Crippen LogP contribution in [-0.2, 0) is 4.79 Å². The fourth-order valence-corrected chi connectivity index (χ4v) is 3.88. The third-order valence-electron chi connectivity index (χ3n) is 5.35. The van der Waals surface area contributed by atoms with Crippen molar-refractivity contribution in [2.75, 3.05) is 26.3 Å². The van der Waals surface area contributed by atoms with Gasteiger partial charge in [0.1, 0.15) is 17.3 Å². The molecule has 1 atom stereocenters. The minimum Gasteiger partial charge on any atom is -0.507 e. The van der Waals surface area contributed by atoms with Gasteiger partial charge in [0.2, 0.25) is 24.2 Å². The summed E-state index contributed by atoms with van der Waals surface area (Å²) in [4.78, 5) is 25.8. The van der Waals surface area contributed by atoms with E-state index >= 15 is 0 Å². The molecule has 0 saturated heterocycles. The van der Waals surface area contributed by atoms with Crippen molar-refractivity contribution >= 4 is 11.6 Å². The first kappa shape index (κ1) is 23.0. The number of halogens is 1. The molecule has 10 heteroatoms. The largest absolute Gasteiger partial charge is 0.507 e. The number of aryl methyl sites for hydroxylation is 1. The lowest BCUT2D eigenvalue weighted by molar-refractivity contribution is -0.116. The topological polar surface area (TPSA) is 116 Å². The predicted molar refractivity (Wildman–Crippen MR) is 119 cm³/mol. The molecule has 0 fully saturated rings. The van der Waals surface area contributed by atoms with E-state index in [1.165, 1.54) is 51.5 Å². The maximum Gasteiger partial charge on any atom is 0.343 e. The molecule has 0 aliphatic carbocycles. The fraction of sp³-hybridized carbons (Fsp3) is 0.250. The number of nitrogens with one attached hydrogen (secondary N) is 1. The number of ether oxygens (including phenoxy) is 4. The minimum atomic E-state index is -1.02. The predicted octanol–water partition coefficient (Wildman–Crippen LogP) is 3.70. The number of methoxy groups -OCH3 is 2. The second-order valence-electron chi connectivity index (χ2n) is 7.52. The third kappa shape index (κ3) is 4.34. The van der Waals surface area contributed by atoms with E-state index in [9.17, 15) is 19.1 Å².